The summed E-state index contributed by atoms with van der Waals surface area (Å²) in [6, 6.07) is 4.68. The highest BCUT2D eigenvalue weighted by molar-refractivity contribution is 9.10. The van der Waals surface area contributed by atoms with Crippen LogP contribution in [0.4, 0.5) is 0 Å². The summed E-state index contributed by atoms with van der Waals surface area (Å²) in [5.74, 6) is 7.01. The largest absolute Gasteiger partial charge is 0.493 e. The molecular weight excluding hydrogens is 328 g/mol. The Balaban J connectivity index is 1.84. The van der Waals surface area contributed by atoms with Crippen molar-refractivity contribution in [2.24, 2.45) is 11.3 Å². The van der Waals surface area contributed by atoms with Crippen LogP contribution in [0.2, 0.25) is 0 Å². The van der Waals surface area contributed by atoms with Crippen LogP contribution >= 0.6 is 15.9 Å². The molecule has 0 saturated heterocycles. The van der Waals surface area contributed by atoms with Crippen molar-refractivity contribution in [2.45, 2.75) is 57.9 Å². The molecule has 1 atom stereocenters. The number of ether oxygens (including phenoxy) is 1. The van der Waals surface area contributed by atoms with Crippen LogP contribution in [0, 0.1) is 5.41 Å². The standard InChI is InChI=1S/C17H25BrN2O/c1-17(6-3-2-4-7-17)15(20-19)11-13-10-14(18)9-12-5-8-21-16(12)13/h9-10,15,20H,2-8,11,19H2,1H3. The van der Waals surface area contributed by atoms with E-state index in [1.807, 2.05) is 0 Å². The van der Waals surface area contributed by atoms with Gasteiger partial charge < -0.3 is 4.74 Å². The predicted molar refractivity (Wildman–Crippen MR) is 89.3 cm³/mol. The number of benzene rings is 1. The molecule has 1 heterocycles. The maximum atomic E-state index is 5.92. The van der Waals surface area contributed by atoms with Crippen LogP contribution in [0.15, 0.2) is 16.6 Å². The lowest BCUT2D eigenvalue weighted by Gasteiger charge is -2.40. The Morgan fingerprint density at radius 3 is 2.81 bits per heavy atom. The van der Waals surface area contributed by atoms with Gasteiger partial charge >= 0.3 is 0 Å². The van der Waals surface area contributed by atoms with Gasteiger partial charge in [-0.05, 0) is 47.9 Å². The van der Waals surface area contributed by atoms with Crippen molar-refractivity contribution in [3.63, 3.8) is 0 Å². The molecule has 2 aliphatic rings. The molecule has 1 fully saturated rings. The molecule has 0 spiro atoms. The first-order valence-corrected chi connectivity index (χ1v) is 8.82. The lowest BCUT2D eigenvalue weighted by Crippen LogP contribution is -2.49. The normalized spacial score (nSPS) is 21.7. The van der Waals surface area contributed by atoms with Gasteiger partial charge in [-0.2, -0.15) is 0 Å². The molecule has 1 aliphatic heterocycles. The molecule has 1 aromatic rings. The zero-order valence-corrected chi connectivity index (χ0v) is 14.3. The minimum Gasteiger partial charge on any atom is -0.493 e. The predicted octanol–water partition coefficient (Wildman–Crippen LogP) is 3.73. The Labute approximate surface area is 135 Å². The summed E-state index contributed by atoms with van der Waals surface area (Å²) in [6.07, 6.45) is 8.48. The summed E-state index contributed by atoms with van der Waals surface area (Å²) in [5.41, 5.74) is 6.00. The molecule has 0 radical (unpaired) electrons. The molecule has 3 nitrogen and oxygen atoms in total. The van der Waals surface area contributed by atoms with E-state index in [1.165, 1.54) is 43.2 Å². The van der Waals surface area contributed by atoms with Crippen molar-refractivity contribution in [1.82, 2.24) is 5.43 Å². The van der Waals surface area contributed by atoms with Gasteiger partial charge in [0.15, 0.2) is 0 Å². The molecule has 1 unspecified atom stereocenters. The van der Waals surface area contributed by atoms with Crippen LogP contribution in [0.3, 0.4) is 0 Å². The van der Waals surface area contributed by atoms with Crippen molar-refractivity contribution in [3.8, 4) is 5.75 Å². The van der Waals surface area contributed by atoms with E-state index in [1.54, 1.807) is 0 Å². The van der Waals surface area contributed by atoms with Crippen molar-refractivity contribution in [3.05, 3.63) is 27.7 Å². The molecule has 0 bridgehead atoms. The van der Waals surface area contributed by atoms with E-state index in [9.17, 15) is 0 Å². The second-order valence-corrected chi connectivity index (χ2v) is 7.71. The van der Waals surface area contributed by atoms with E-state index in [0.717, 1.165) is 29.7 Å². The molecular formula is C17H25BrN2O. The minimum atomic E-state index is 0.292. The average Bonchev–Trinajstić information content (AvgIpc) is 2.93. The highest BCUT2D eigenvalue weighted by Crippen LogP contribution is 2.41. The van der Waals surface area contributed by atoms with Gasteiger partial charge in [-0.1, -0.05) is 42.1 Å². The number of nitrogens with two attached hydrogens (primary N) is 1. The summed E-state index contributed by atoms with van der Waals surface area (Å²) >= 11 is 3.63. The van der Waals surface area contributed by atoms with Crippen LogP contribution < -0.4 is 16.0 Å². The molecule has 0 amide bonds. The van der Waals surface area contributed by atoms with Gasteiger partial charge in [-0.25, -0.2) is 0 Å². The van der Waals surface area contributed by atoms with Gasteiger partial charge in [0.2, 0.25) is 0 Å². The smallest absolute Gasteiger partial charge is 0.125 e. The molecule has 116 valence electrons. The van der Waals surface area contributed by atoms with E-state index >= 15 is 0 Å². The maximum Gasteiger partial charge on any atom is 0.125 e. The van der Waals surface area contributed by atoms with Crippen molar-refractivity contribution in [2.75, 3.05) is 6.61 Å². The lowest BCUT2D eigenvalue weighted by molar-refractivity contribution is 0.143. The molecule has 21 heavy (non-hydrogen) atoms. The van der Waals surface area contributed by atoms with Gasteiger partial charge in [0.1, 0.15) is 5.75 Å². The Morgan fingerprint density at radius 1 is 1.33 bits per heavy atom. The number of halogens is 1. The fourth-order valence-corrected chi connectivity index (χ4v) is 4.48. The SMILES string of the molecule is CC1(C(Cc2cc(Br)cc3c2OCC3)NN)CCCCC1. The zero-order chi connectivity index (χ0) is 14.9. The molecule has 1 aliphatic carbocycles. The fourth-order valence-electron chi connectivity index (χ4n) is 3.93. The zero-order valence-electron chi connectivity index (χ0n) is 12.8. The van der Waals surface area contributed by atoms with Gasteiger partial charge in [-0.3, -0.25) is 11.3 Å². The summed E-state index contributed by atoms with van der Waals surface area (Å²) in [4.78, 5) is 0. The molecule has 3 N–H and O–H groups in total. The number of rotatable bonds is 4. The van der Waals surface area contributed by atoms with Crippen LogP contribution in [-0.4, -0.2) is 12.6 Å². The van der Waals surface area contributed by atoms with Crippen molar-refractivity contribution in [1.29, 1.82) is 0 Å². The molecule has 0 aromatic heterocycles. The number of hydrogen-bond donors (Lipinski definition) is 2. The monoisotopic (exact) mass is 352 g/mol. The van der Waals surface area contributed by atoms with Crippen LogP contribution in [-0.2, 0) is 12.8 Å². The highest BCUT2D eigenvalue weighted by Gasteiger charge is 2.35. The maximum absolute atomic E-state index is 5.92. The third-order valence-electron chi connectivity index (χ3n) is 5.29. The quantitative estimate of drug-likeness (QED) is 0.641. The van der Waals surface area contributed by atoms with Crippen LogP contribution in [0.25, 0.3) is 0 Å². The second kappa shape index (κ2) is 6.27. The highest BCUT2D eigenvalue weighted by atomic mass is 79.9. The molecule has 1 aromatic carbocycles. The first-order chi connectivity index (χ1) is 10.1. The van der Waals surface area contributed by atoms with E-state index < -0.39 is 0 Å². The van der Waals surface area contributed by atoms with Gasteiger partial charge in [-0.15, -0.1) is 0 Å². The molecule has 1 saturated carbocycles. The number of hydrogen-bond acceptors (Lipinski definition) is 3. The summed E-state index contributed by atoms with van der Waals surface area (Å²) in [5, 5.41) is 0. The summed E-state index contributed by atoms with van der Waals surface area (Å²) < 4.78 is 7.01. The van der Waals surface area contributed by atoms with Crippen molar-refractivity contribution >= 4 is 15.9 Å². The summed E-state index contributed by atoms with van der Waals surface area (Å²) in [6.45, 7) is 3.19. The number of nitrogens with one attached hydrogen (secondary N) is 1. The van der Waals surface area contributed by atoms with E-state index in [-0.39, 0.29) is 0 Å². The van der Waals surface area contributed by atoms with Crippen LogP contribution in [0.1, 0.15) is 50.2 Å². The van der Waals surface area contributed by atoms with Gasteiger partial charge in [0.25, 0.3) is 0 Å². The topological polar surface area (TPSA) is 47.3 Å². The van der Waals surface area contributed by atoms with Crippen molar-refractivity contribution < 1.29 is 4.74 Å². The Hall–Kier alpha value is -0.580. The number of hydrazine groups is 1. The molecule has 4 heteroatoms. The van der Waals surface area contributed by atoms with E-state index in [4.69, 9.17) is 10.6 Å². The summed E-state index contributed by atoms with van der Waals surface area (Å²) in [7, 11) is 0. The minimum absolute atomic E-state index is 0.292. The second-order valence-electron chi connectivity index (χ2n) is 6.79. The Kier molecular flexibility index (Phi) is 4.57. The first kappa shape index (κ1) is 15.3. The third kappa shape index (κ3) is 3.13. The van der Waals surface area contributed by atoms with Gasteiger partial charge in [0, 0.05) is 16.9 Å². The fraction of sp³-hybridized carbons (Fsp3) is 0.647. The van der Waals surface area contributed by atoms with E-state index in [0.29, 0.717) is 11.5 Å². The Morgan fingerprint density at radius 2 is 2.10 bits per heavy atom. The third-order valence-corrected chi connectivity index (χ3v) is 5.75. The number of fused-ring (bicyclic) bond motifs is 1. The first-order valence-electron chi connectivity index (χ1n) is 8.02. The van der Waals surface area contributed by atoms with E-state index in [2.05, 4.69) is 40.4 Å². The Bertz CT molecular complexity index is 512. The van der Waals surface area contributed by atoms with Crippen LogP contribution in [0.5, 0.6) is 5.75 Å². The molecule has 3 rings (SSSR count). The lowest BCUT2D eigenvalue weighted by atomic mass is 9.69. The average molecular weight is 353 g/mol. The van der Waals surface area contributed by atoms with Gasteiger partial charge in [0.05, 0.1) is 6.61 Å².